The molecule has 2 fully saturated rings. The summed E-state index contributed by atoms with van der Waals surface area (Å²) in [5, 5.41) is 8.77. The summed E-state index contributed by atoms with van der Waals surface area (Å²) in [4.78, 5) is 9.14. The molecule has 6 heteroatoms. The van der Waals surface area contributed by atoms with E-state index < -0.39 is 0 Å². The smallest absolute Gasteiger partial charge is 0.160 e. The fourth-order valence-electron chi connectivity index (χ4n) is 3.59. The number of nitrogens with zero attached hydrogens (tertiary/aromatic N) is 6. The predicted octanol–water partition coefficient (Wildman–Crippen LogP) is 1.02. The monoisotopic (exact) mass is 284 g/mol. The van der Waals surface area contributed by atoms with Crippen molar-refractivity contribution in [1.82, 2.24) is 24.6 Å². The number of likely N-dealkylation sites (N-methyl/N-ethyl adjacent to an activating group) is 1. The van der Waals surface area contributed by atoms with Crippen molar-refractivity contribution in [2.24, 2.45) is 13.0 Å². The van der Waals surface area contributed by atoms with Crippen molar-refractivity contribution in [3.63, 3.8) is 0 Å². The molecular formula is C15H20N6. The van der Waals surface area contributed by atoms with Crippen LogP contribution in [0.15, 0.2) is 24.5 Å². The van der Waals surface area contributed by atoms with E-state index in [9.17, 15) is 0 Å². The molecule has 0 aliphatic carbocycles. The van der Waals surface area contributed by atoms with E-state index in [0.29, 0.717) is 6.04 Å². The van der Waals surface area contributed by atoms with E-state index in [1.165, 1.54) is 13.0 Å². The van der Waals surface area contributed by atoms with Gasteiger partial charge in [0.15, 0.2) is 11.6 Å². The molecule has 21 heavy (non-hydrogen) atoms. The number of anilines is 1. The summed E-state index contributed by atoms with van der Waals surface area (Å²) >= 11 is 0. The van der Waals surface area contributed by atoms with Crippen molar-refractivity contribution in [3.8, 4) is 11.5 Å². The van der Waals surface area contributed by atoms with Gasteiger partial charge in [0.2, 0.25) is 0 Å². The van der Waals surface area contributed by atoms with Crippen LogP contribution in [0.25, 0.3) is 11.5 Å². The van der Waals surface area contributed by atoms with Crippen molar-refractivity contribution in [3.05, 3.63) is 24.5 Å². The molecule has 2 aliphatic rings. The van der Waals surface area contributed by atoms with Crippen LogP contribution in [-0.4, -0.2) is 57.4 Å². The highest BCUT2D eigenvalue weighted by molar-refractivity contribution is 5.52. The van der Waals surface area contributed by atoms with Crippen LogP contribution in [0.1, 0.15) is 6.42 Å². The maximum atomic E-state index is 4.41. The summed E-state index contributed by atoms with van der Waals surface area (Å²) in [6.07, 6.45) is 5.00. The van der Waals surface area contributed by atoms with Gasteiger partial charge in [-0.3, -0.25) is 0 Å². The molecule has 4 heterocycles. The summed E-state index contributed by atoms with van der Waals surface area (Å²) in [6.45, 7) is 3.40. The molecule has 0 bridgehead atoms. The second-order valence-corrected chi connectivity index (χ2v) is 6.14. The average molecular weight is 284 g/mol. The molecule has 2 aliphatic heterocycles. The highest BCUT2D eigenvalue weighted by Gasteiger charge is 2.39. The van der Waals surface area contributed by atoms with Crippen LogP contribution in [0.2, 0.25) is 0 Å². The lowest BCUT2D eigenvalue weighted by Crippen LogP contribution is -2.32. The van der Waals surface area contributed by atoms with Crippen LogP contribution in [0.4, 0.5) is 5.82 Å². The van der Waals surface area contributed by atoms with E-state index in [1.54, 1.807) is 6.20 Å². The van der Waals surface area contributed by atoms with Crippen LogP contribution < -0.4 is 4.90 Å². The van der Waals surface area contributed by atoms with Crippen LogP contribution >= 0.6 is 0 Å². The maximum absolute atomic E-state index is 4.41. The zero-order valence-electron chi connectivity index (χ0n) is 12.5. The number of hydrogen-bond donors (Lipinski definition) is 0. The molecule has 6 nitrogen and oxygen atoms in total. The largest absolute Gasteiger partial charge is 0.353 e. The molecular weight excluding hydrogens is 264 g/mol. The fraction of sp³-hybridized carbons (Fsp3) is 0.533. The molecule has 0 N–H and O–H groups in total. The summed E-state index contributed by atoms with van der Waals surface area (Å²) in [5.41, 5.74) is 0.822. The fourth-order valence-corrected chi connectivity index (χ4v) is 3.59. The SMILES string of the molecule is CN1CC[C@@H]2CN(c3ccc(-c4nccn4C)nn3)C[C@@H]21. The molecule has 0 spiro atoms. The third kappa shape index (κ3) is 2.10. The minimum absolute atomic E-state index is 0.681. The van der Waals surface area contributed by atoms with E-state index in [0.717, 1.165) is 36.3 Å². The maximum Gasteiger partial charge on any atom is 0.160 e. The Morgan fingerprint density at radius 2 is 2.05 bits per heavy atom. The first-order valence-corrected chi connectivity index (χ1v) is 7.49. The number of aryl methyl sites for hydroxylation is 1. The van der Waals surface area contributed by atoms with Gasteiger partial charge in [-0.1, -0.05) is 0 Å². The van der Waals surface area contributed by atoms with Gasteiger partial charge in [0, 0.05) is 38.6 Å². The Labute approximate surface area is 124 Å². The van der Waals surface area contributed by atoms with Crippen molar-refractivity contribution in [2.45, 2.75) is 12.5 Å². The van der Waals surface area contributed by atoms with Crippen LogP contribution in [-0.2, 0) is 7.05 Å². The minimum atomic E-state index is 0.681. The molecule has 2 saturated heterocycles. The molecule has 0 unspecified atom stereocenters. The Morgan fingerprint density at radius 1 is 1.14 bits per heavy atom. The number of likely N-dealkylation sites (tertiary alicyclic amines) is 1. The second-order valence-electron chi connectivity index (χ2n) is 6.14. The third-order valence-electron chi connectivity index (χ3n) is 4.85. The molecule has 0 saturated carbocycles. The number of imidazole rings is 1. The van der Waals surface area contributed by atoms with Crippen molar-refractivity contribution < 1.29 is 0 Å². The van der Waals surface area contributed by atoms with Gasteiger partial charge in [-0.15, -0.1) is 10.2 Å². The Balaban J connectivity index is 1.54. The van der Waals surface area contributed by atoms with E-state index in [2.05, 4.69) is 38.1 Å². The van der Waals surface area contributed by atoms with E-state index in [4.69, 9.17) is 0 Å². The summed E-state index contributed by atoms with van der Waals surface area (Å²) in [5.74, 6) is 2.62. The van der Waals surface area contributed by atoms with Gasteiger partial charge in [0.25, 0.3) is 0 Å². The van der Waals surface area contributed by atoms with Gasteiger partial charge >= 0.3 is 0 Å². The summed E-state index contributed by atoms with van der Waals surface area (Å²) < 4.78 is 1.96. The minimum Gasteiger partial charge on any atom is -0.353 e. The Hall–Kier alpha value is -1.95. The first-order valence-electron chi connectivity index (χ1n) is 7.49. The Morgan fingerprint density at radius 3 is 2.71 bits per heavy atom. The lowest BCUT2D eigenvalue weighted by atomic mass is 10.1. The van der Waals surface area contributed by atoms with E-state index >= 15 is 0 Å². The number of hydrogen-bond acceptors (Lipinski definition) is 5. The van der Waals surface area contributed by atoms with Gasteiger partial charge in [-0.05, 0) is 38.1 Å². The van der Waals surface area contributed by atoms with Gasteiger partial charge in [-0.25, -0.2) is 4.98 Å². The predicted molar refractivity (Wildman–Crippen MR) is 81.0 cm³/mol. The summed E-state index contributed by atoms with van der Waals surface area (Å²) in [7, 11) is 4.19. The average Bonchev–Trinajstić information content (AvgIpc) is 3.17. The molecule has 2 aromatic heterocycles. The number of fused-ring (bicyclic) bond motifs is 1. The van der Waals surface area contributed by atoms with E-state index in [-0.39, 0.29) is 0 Å². The molecule has 2 atom stereocenters. The van der Waals surface area contributed by atoms with Crippen molar-refractivity contribution in [1.29, 1.82) is 0 Å². The molecule has 0 aromatic carbocycles. The molecule has 0 amide bonds. The first kappa shape index (κ1) is 12.8. The quantitative estimate of drug-likeness (QED) is 0.824. The lowest BCUT2D eigenvalue weighted by Gasteiger charge is -2.21. The van der Waals surface area contributed by atoms with Gasteiger partial charge < -0.3 is 14.4 Å². The highest BCUT2D eigenvalue weighted by Crippen LogP contribution is 2.32. The Bertz CT molecular complexity index is 634. The first-order chi connectivity index (χ1) is 10.2. The standard InChI is InChI=1S/C15H20N6/c1-19-7-5-11-9-21(10-13(11)19)14-4-3-12(17-18-14)15-16-6-8-20(15)2/h3-4,6,8,11,13H,5,7,9-10H2,1-2H3/t11-,13+/m1/s1. The number of rotatable bonds is 2. The Kier molecular flexibility index (Phi) is 2.92. The van der Waals surface area contributed by atoms with E-state index in [1.807, 2.05) is 23.9 Å². The molecule has 110 valence electrons. The topological polar surface area (TPSA) is 50.1 Å². The molecule has 0 radical (unpaired) electrons. The second kappa shape index (κ2) is 4.80. The third-order valence-corrected chi connectivity index (χ3v) is 4.85. The van der Waals surface area contributed by atoms with Crippen LogP contribution in [0.3, 0.4) is 0 Å². The zero-order chi connectivity index (χ0) is 14.4. The van der Waals surface area contributed by atoms with Gasteiger partial charge in [-0.2, -0.15) is 0 Å². The lowest BCUT2D eigenvalue weighted by molar-refractivity contribution is 0.310. The zero-order valence-corrected chi connectivity index (χ0v) is 12.5. The van der Waals surface area contributed by atoms with Crippen LogP contribution in [0.5, 0.6) is 0 Å². The molecule has 2 aromatic rings. The van der Waals surface area contributed by atoms with Crippen molar-refractivity contribution >= 4 is 5.82 Å². The summed E-state index contributed by atoms with van der Waals surface area (Å²) in [6, 6.07) is 4.77. The highest BCUT2D eigenvalue weighted by atomic mass is 15.3. The molecule has 4 rings (SSSR count). The van der Waals surface area contributed by atoms with Gasteiger partial charge in [0.05, 0.1) is 0 Å². The normalized spacial score (nSPS) is 25.5. The van der Waals surface area contributed by atoms with Crippen molar-refractivity contribution in [2.75, 3.05) is 31.6 Å². The number of aromatic nitrogens is 4. The van der Waals surface area contributed by atoms with Gasteiger partial charge in [0.1, 0.15) is 5.69 Å². The van der Waals surface area contributed by atoms with Crippen LogP contribution in [0, 0.1) is 5.92 Å².